The quantitative estimate of drug-likeness (QED) is 0.284. The zero-order valence-electron chi connectivity index (χ0n) is 21.6. The number of nitrogens with one attached hydrogen (secondary N) is 3. The van der Waals surface area contributed by atoms with Gasteiger partial charge in [0.1, 0.15) is 28.8 Å². The molecule has 9 nitrogen and oxygen atoms in total. The summed E-state index contributed by atoms with van der Waals surface area (Å²) in [5, 5.41) is 12.9. The van der Waals surface area contributed by atoms with Gasteiger partial charge in [0.15, 0.2) is 0 Å². The molecule has 10 heteroatoms. The van der Waals surface area contributed by atoms with Crippen molar-refractivity contribution in [2.45, 2.75) is 33.1 Å². The number of hydrogen-bond donors (Lipinski definition) is 3. The third kappa shape index (κ3) is 6.52. The Balaban J connectivity index is 1.45. The molecule has 0 saturated heterocycles. The fourth-order valence-corrected chi connectivity index (χ4v) is 3.51. The lowest BCUT2D eigenvalue weighted by Gasteiger charge is -2.14. The third-order valence-corrected chi connectivity index (χ3v) is 5.42. The monoisotopic (exact) mass is 516 g/mol. The Morgan fingerprint density at radius 2 is 1.74 bits per heavy atom. The van der Waals surface area contributed by atoms with Crippen molar-refractivity contribution in [1.29, 1.82) is 0 Å². The van der Waals surface area contributed by atoms with Crippen molar-refractivity contribution in [2.24, 2.45) is 0 Å². The van der Waals surface area contributed by atoms with E-state index in [4.69, 9.17) is 4.74 Å². The highest BCUT2D eigenvalue weighted by Gasteiger charge is 2.22. The highest BCUT2D eigenvalue weighted by Crippen LogP contribution is 2.27. The fraction of sp³-hybridized carbons (Fsp3) is 0.214. The second-order valence-corrected chi connectivity index (χ2v) is 9.50. The minimum atomic E-state index is -0.489. The maximum absolute atomic E-state index is 13.9. The second kappa shape index (κ2) is 11.1. The average molecular weight is 517 g/mol. The van der Waals surface area contributed by atoms with Gasteiger partial charge in [-0.25, -0.2) is 13.9 Å². The Morgan fingerprint density at radius 1 is 0.974 bits per heavy atom. The van der Waals surface area contributed by atoms with Crippen LogP contribution in [0.1, 0.15) is 43.9 Å². The number of amides is 3. The summed E-state index contributed by atoms with van der Waals surface area (Å²) in [6, 6.07) is 17.2. The van der Waals surface area contributed by atoms with Crippen LogP contribution in [-0.4, -0.2) is 33.2 Å². The maximum Gasteiger partial charge on any atom is 0.324 e. The van der Waals surface area contributed by atoms with Crippen molar-refractivity contribution < 1.29 is 18.7 Å². The summed E-state index contributed by atoms with van der Waals surface area (Å²) in [6.45, 7) is 8.34. The minimum absolute atomic E-state index is 0.256. The molecule has 0 aliphatic heterocycles. The van der Waals surface area contributed by atoms with Crippen LogP contribution in [0.25, 0.3) is 5.69 Å². The number of carbonyl (C=O) groups is 2. The van der Waals surface area contributed by atoms with E-state index in [2.05, 4.69) is 26.0 Å². The lowest BCUT2D eigenvalue weighted by atomic mass is 9.92. The van der Waals surface area contributed by atoms with Gasteiger partial charge in [0.25, 0.3) is 5.91 Å². The summed E-state index contributed by atoms with van der Waals surface area (Å²) in [5.41, 5.74) is 1.73. The van der Waals surface area contributed by atoms with Gasteiger partial charge >= 0.3 is 6.03 Å². The Hall–Kier alpha value is -4.73. The summed E-state index contributed by atoms with van der Waals surface area (Å²) in [5.74, 6) is 0.693. The zero-order chi connectivity index (χ0) is 27.3. The number of anilines is 2. The van der Waals surface area contributed by atoms with E-state index >= 15 is 0 Å². The number of carbonyl (C=O) groups excluding carboxylic acids is 2. The van der Waals surface area contributed by atoms with Crippen molar-refractivity contribution in [3.63, 3.8) is 0 Å². The summed E-state index contributed by atoms with van der Waals surface area (Å²) in [4.78, 5) is 28.9. The summed E-state index contributed by atoms with van der Waals surface area (Å²) >= 11 is 0. The van der Waals surface area contributed by atoms with E-state index in [1.165, 1.54) is 23.0 Å². The van der Waals surface area contributed by atoms with Crippen LogP contribution in [0.15, 0.2) is 72.9 Å². The van der Waals surface area contributed by atoms with Crippen molar-refractivity contribution in [1.82, 2.24) is 20.1 Å². The Morgan fingerprint density at radius 3 is 2.42 bits per heavy atom. The van der Waals surface area contributed by atoms with Gasteiger partial charge in [0.2, 0.25) is 0 Å². The van der Waals surface area contributed by atoms with Crippen LogP contribution < -0.4 is 20.7 Å². The Labute approximate surface area is 220 Å². The highest BCUT2D eigenvalue weighted by molar-refractivity contribution is 5.99. The SMILES string of the molecule is CCNC(=O)c1cc(Oc2ccc(NC(=O)Nc3cc(C(C)(C)C)nn3-c3cccc(F)c3)cc2)ccn1. The van der Waals surface area contributed by atoms with Gasteiger partial charge in [-0.15, -0.1) is 0 Å². The minimum Gasteiger partial charge on any atom is -0.457 e. The number of aromatic nitrogens is 3. The number of nitrogens with zero attached hydrogens (tertiary/aromatic N) is 3. The zero-order valence-corrected chi connectivity index (χ0v) is 21.6. The van der Waals surface area contributed by atoms with E-state index in [-0.39, 0.29) is 17.0 Å². The molecule has 4 aromatic rings. The van der Waals surface area contributed by atoms with Crippen LogP contribution in [0.2, 0.25) is 0 Å². The first-order chi connectivity index (χ1) is 18.1. The van der Waals surface area contributed by atoms with Crippen LogP contribution in [0.5, 0.6) is 11.5 Å². The highest BCUT2D eigenvalue weighted by atomic mass is 19.1. The molecule has 0 aliphatic carbocycles. The van der Waals surface area contributed by atoms with Crippen molar-refractivity contribution in [3.05, 3.63) is 90.1 Å². The number of urea groups is 1. The van der Waals surface area contributed by atoms with Crippen LogP contribution in [0.4, 0.5) is 20.7 Å². The molecule has 196 valence electrons. The predicted molar refractivity (Wildman–Crippen MR) is 144 cm³/mol. The molecule has 0 atom stereocenters. The van der Waals surface area contributed by atoms with E-state index in [1.807, 2.05) is 27.7 Å². The molecular weight excluding hydrogens is 487 g/mol. The van der Waals surface area contributed by atoms with E-state index in [0.717, 1.165) is 5.69 Å². The lowest BCUT2D eigenvalue weighted by molar-refractivity contribution is 0.0950. The fourth-order valence-electron chi connectivity index (χ4n) is 3.51. The standard InChI is InChI=1S/C28H29FN6O3/c1-5-30-26(36)23-16-22(13-14-31-23)38-21-11-9-19(10-12-21)32-27(37)33-25-17-24(28(2,3)4)34-35(25)20-8-6-7-18(29)15-20/h6-17H,5H2,1-4H3,(H,30,36)(H2,32,33,37). The first kappa shape index (κ1) is 26.3. The predicted octanol–water partition coefficient (Wildman–Crippen LogP) is 5.89. The Bertz CT molecular complexity index is 1440. The van der Waals surface area contributed by atoms with Crippen LogP contribution in [0, 0.1) is 5.82 Å². The first-order valence-corrected chi connectivity index (χ1v) is 12.1. The lowest BCUT2D eigenvalue weighted by Crippen LogP contribution is -2.23. The van der Waals surface area contributed by atoms with Crippen LogP contribution >= 0.6 is 0 Å². The molecule has 3 amide bonds. The average Bonchev–Trinajstić information content (AvgIpc) is 3.30. The van der Waals surface area contributed by atoms with Crippen LogP contribution in [-0.2, 0) is 5.41 Å². The third-order valence-electron chi connectivity index (χ3n) is 5.42. The van der Waals surface area contributed by atoms with Gasteiger partial charge in [-0.3, -0.25) is 15.1 Å². The van der Waals surface area contributed by atoms with Gasteiger partial charge < -0.3 is 15.4 Å². The molecule has 38 heavy (non-hydrogen) atoms. The second-order valence-electron chi connectivity index (χ2n) is 9.50. The van der Waals surface area contributed by atoms with E-state index in [0.29, 0.717) is 35.2 Å². The summed E-state index contributed by atoms with van der Waals surface area (Å²) in [7, 11) is 0. The van der Waals surface area contributed by atoms with Gasteiger partial charge in [-0.2, -0.15) is 5.10 Å². The van der Waals surface area contributed by atoms with Crippen molar-refractivity contribution in [2.75, 3.05) is 17.2 Å². The molecule has 0 saturated carbocycles. The smallest absolute Gasteiger partial charge is 0.324 e. The molecular formula is C28H29FN6O3. The summed E-state index contributed by atoms with van der Waals surface area (Å²) < 4.78 is 21.2. The maximum atomic E-state index is 13.9. The number of benzene rings is 2. The topological polar surface area (TPSA) is 110 Å². The molecule has 4 rings (SSSR count). The van der Waals surface area contributed by atoms with Gasteiger partial charge in [0.05, 0.1) is 11.4 Å². The molecule has 0 aliphatic rings. The van der Waals surface area contributed by atoms with Gasteiger partial charge in [0, 0.05) is 36.0 Å². The molecule has 3 N–H and O–H groups in total. The van der Waals surface area contributed by atoms with Crippen molar-refractivity contribution >= 4 is 23.4 Å². The van der Waals surface area contributed by atoms with Gasteiger partial charge in [-0.1, -0.05) is 26.8 Å². The number of pyridine rings is 1. The Kier molecular flexibility index (Phi) is 7.71. The molecule has 0 unspecified atom stereocenters. The van der Waals surface area contributed by atoms with Crippen LogP contribution in [0.3, 0.4) is 0 Å². The van der Waals surface area contributed by atoms with Crippen molar-refractivity contribution in [3.8, 4) is 17.2 Å². The first-order valence-electron chi connectivity index (χ1n) is 12.1. The van der Waals surface area contributed by atoms with E-state index in [1.54, 1.807) is 54.6 Å². The molecule has 2 aromatic heterocycles. The molecule has 0 spiro atoms. The summed E-state index contributed by atoms with van der Waals surface area (Å²) in [6.07, 6.45) is 1.50. The van der Waals surface area contributed by atoms with E-state index in [9.17, 15) is 14.0 Å². The number of hydrogen-bond acceptors (Lipinski definition) is 5. The molecule has 0 radical (unpaired) electrons. The normalized spacial score (nSPS) is 11.1. The van der Waals surface area contributed by atoms with Gasteiger partial charge in [-0.05, 0) is 55.5 Å². The molecule has 2 aromatic carbocycles. The largest absolute Gasteiger partial charge is 0.457 e. The number of rotatable bonds is 7. The molecule has 0 bridgehead atoms. The molecule has 0 fully saturated rings. The number of halogens is 1. The molecule has 2 heterocycles. The van der Waals surface area contributed by atoms with E-state index < -0.39 is 11.8 Å². The number of ether oxygens (including phenoxy) is 1.